The van der Waals surface area contributed by atoms with E-state index >= 15 is 0 Å². The molecule has 0 radical (unpaired) electrons. The van der Waals surface area contributed by atoms with Crippen LogP contribution in [-0.4, -0.2) is 75.0 Å². The summed E-state index contributed by atoms with van der Waals surface area (Å²) >= 11 is 0. The molecule has 11 heteroatoms. The quantitative estimate of drug-likeness (QED) is 0.435. The Hall–Kier alpha value is -2.05. The lowest BCUT2D eigenvalue weighted by atomic mass is 10.1. The normalized spacial score (nSPS) is 27.1. The van der Waals surface area contributed by atoms with Crippen LogP contribution in [0.3, 0.4) is 0 Å². The van der Waals surface area contributed by atoms with Gasteiger partial charge < -0.3 is 30.2 Å². The van der Waals surface area contributed by atoms with Crippen LogP contribution in [0.25, 0.3) is 11.2 Å². The van der Waals surface area contributed by atoms with Gasteiger partial charge in [-0.25, -0.2) is 4.98 Å². The number of fused-ring (bicyclic) bond motifs is 1. The van der Waals surface area contributed by atoms with Crippen molar-refractivity contribution in [3.05, 3.63) is 16.7 Å². The summed E-state index contributed by atoms with van der Waals surface area (Å²) in [4.78, 5) is 22.2. The van der Waals surface area contributed by atoms with Crippen LogP contribution in [0.15, 0.2) is 11.1 Å². The minimum absolute atomic E-state index is 0.0734. The number of hydrogen-bond donors (Lipinski definition) is 4. The molecule has 3 heterocycles. The highest BCUT2D eigenvalue weighted by molar-refractivity contribution is 5.70. The number of aromatic amines is 1. The number of hydrogen-bond acceptors (Lipinski definition) is 9. The topological polar surface area (TPSA) is 158 Å². The van der Waals surface area contributed by atoms with Crippen molar-refractivity contribution in [3.63, 3.8) is 0 Å². The van der Waals surface area contributed by atoms with E-state index < -0.39 is 30.1 Å². The molecule has 0 aromatic carbocycles. The molecule has 4 unspecified atom stereocenters. The maximum atomic E-state index is 11.8. The van der Waals surface area contributed by atoms with E-state index in [1.807, 2.05) is 0 Å². The van der Waals surface area contributed by atoms with Gasteiger partial charge in [0.15, 0.2) is 17.4 Å². The Bertz CT molecular complexity index is 761. The summed E-state index contributed by atoms with van der Waals surface area (Å²) in [7, 11) is 1.53. The molecule has 1 aliphatic heterocycles. The van der Waals surface area contributed by atoms with Crippen molar-refractivity contribution >= 4 is 17.1 Å². The number of aromatic nitrogens is 4. The number of imidazole rings is 1. The lowest BCUT2D eigenvalue weighted by Gasteiger charge is -2.19. The molecular formula is C13H19N5O6. The Kier molecular flexibility index (Phi) is 4.78. The van der Waals surface area contributed by atoms with Crippen LogP contribution in [-0.2, 0) is 14.2 Å². The van der Waals surface area contributed by atoms with Crippen molar-refractivity contribution in [1.82, 2.24) is 19.5 Å². The SMILES string of the molecule is COCCOC1C(CO)OC(n2cnc3c(=O)[nH]c(N)nc32)C1O. The van der Waals surface area contributed by atoms with E-state index in [-0.39, 0.29) is 30.3 Å². The molecule has 24 heavy (non-hydrogen) atoms. The molecule has 2 aromatic rings. The van der Waals surface area contributed by atoms with E-state index in [0.29, 0.717) is 6.61 Å². The van der Waals surface area contributed by atoms with Crippen molar-refractivity contribution in [2.75, 3.05) is 32.7 Å². The van der Waals surface area contributed by atoms with E-state index in [1.54, 1.807) is 0 Å². The zero-order chi connectivity index (χ0) is 17.3. The van der Waals surface area contributed by atoms with E-state index in [1.165, 1.54) is 18.0 Å². The molecule has 1 aliphatic rings. The van der Waals surface area contributed by atoms with Crippen LogP contribution in [0.4, 0.5) is 5.95 Å². The van der Waals surface area contributed by atoms with Gasteiger partial charge in [-0.05, 0) is 0 Å². The lowest BCUT2D eigenvalue weighted by Crippen LogP contribution is -2.37. The molecule has 0 amide bonds. The summed E-state index contributed by atoms with van der Waals surface area (Å²) in [6.07, 6.45) is -2.19. The molecule has 4 atom stereocenters. The summed E-state index contributed by atoms with van der Waals surface area (Å²) in [6, 6.07) is 0. The maximum Gasteiger partial charge on any atom is 0.280 e. The van der Waals surface area contributed by atoms with Gasteiger partial charge in [0.1, 0.15) is 18.3 Å². The summed E-state index contributed by atoms with van der Waals surface area (Å²) in [5, 5.41) is 20.0. The number of methoxy groups -OCH3 is 1. The van der Waals surface area contributed by atoms with Crippen molar-refractivity contribution in [3.8, 4) is 0 Å². The zero-order valence-corrected chi connectivity index (χ0v) is 13.0. The number of ether oxygens (including phenoxy) is 3. The number of anilines is 1. The van der Waals surface area contributed by atoms with E-state index in [4.69, 9.17) is 19.9 Å². The molecule has 0 spiro atoms. The molecule has 3 rings (SSSR count). The molecule has 132 valence electrons. The average Bonchev–Trinajstić information content (AvgIpc) is 3.09. The second kappa shape index (κ2) is 6.83. The van der Waals surface area contributed by atoms with Crippen molar-refractivity contribution in [2.24, 2.45) is 0 Å². The second-order valence-electron chi connectivity index (χ2n) is 5.34. The minimum atomic E-state index is -1.10. The fourth-order valence-corrected chi connectivity index (χ4v) is 2.70. The predicted molar refractivity (Wildman–Crippen MR) is 81.2 cm³/mol. The van der Waals surface area contributed by atoms with Crippen molar-refractivity contribution in [2.45, 2.75) is 24.5 Å². The first kappa shape index (κ1) is 16.8. The van der Waals surface area contributed by atoms with Crippen LogP contribution in [0, 0.1) is 0 Å². The van der Waals surface area contributed by atoms with Gasteiger partial charge in [0.2, 0.25) is 5.95 Å². The number of nitrogens with two attached hydrogens (primary N) is 1. The Morgan fingerprint density at radius 2 is 2.29 bits per heavy atom. The summed E-state index contributed by atoms with van der Waals surface area (Å²) in [6.45, 7) is 0.238. The lowest BCUT2D eigenvalue weighted by molar-refractivity contribution is -0.0678. The van der Waals surface area contributed by atoms with Gasteiger partial charge in [0, 0.05) is 7.11 Å². The van der Waals surface area contributed by atoms with Crippen LogP contribution in [0.5, 0.6) is 0 Å². The fourth-order valence-electron chi connectivity index (χ4n) is 2.70. The molecule has 0 aliphatic carbocycles. The number of nitrogen functional groups attached to an aromatic ring is 1. The Morgan fingerprint density at radius 3 is 3.00 bits per heavy atom. The third kappa shape index (κ3) is 2.87. The maximum absolute atomic E-state index is 11.8. The van der Waals surface area contributed by atoms with Gasteiger partial charge in [-0.15, -0.1) is 0 Å². The van der Waals surface area contributed by atoms with E-state index in [9.17, 15) is 15.0 Å². The molecule has 11 nitrogen and oxygen atoms in total. The summed E-state index contributed by atoms with van der Waals surface area (Å²) in [5.41, 5.74) is 5.32. The summed E-state index contributed by atoms with van der Waals surface area (Å²) in [5.74, 6) is -0.0756. The highest BCUT2D eigenvalue weighted by Gasteiger charge is 2.45. The Morgan fingerprint density at radius 1 is 1.50 bits per heavy atom. The van der Waals surface area contributed by atoms with Gasteiger partial charge in [-0.3, -0.25) is 14.3 Å². The molecule has 1 saturated heterocycles. The highest BCUT2D eigenvalue weighted by atomic mass is 16.6. The van der Waals surface area contributed by atoms with E-state index in [0.717, 1.165) is 0 Å². The predicted octanol–water partition coefficient (Wildman–Crippen LogP) is -2.02. The largest absolute Gasteiger partial charge is 0.394 e. The number of aliphatic hydroxyl groups excluding tert-OH is 2. The van der Waals surface area contributed by atoms with E-state index in [2.05, 4.69) is 15.0 Å². The smallest absolute Gasteiger partial charge is 0.280 e. The minimum Gasteiger partial charge on any atom is -0.394 e. The molecule has 5 N–H and O–H groups in total. The molecule has 2 aromatic heterocycles. The van der Waals surface area contributed by atoms with Crippen molar-refractivity contribution in [1.29, 1.82) is 0 Å². The van der Waals surface area contributed by atoms with Crippen LogP contribution >= 0.6 is 0 Å². The second-order valence-corrected chi connectivity index (χ2v) is 5.34. The highest BCUT2D eigenvalue weighted by Crippen LogP contribution is 2.32. The van der Waals surface area contributed by atoms with Gasteiger partial charge >= 0.3 is 0 Å². The fraction of sp³-hybridized carbons (Fsp3) is 0.615. The van der Waals surface area contributed by atoms with Crippen LogP contribution in [0.2, 0.25) is 0 Å². The zero-order valence-electron chi connectivity index (χ0n) is 13.0. The Labute approximate surface area is 136 Å². The Balaban J connectivity index is 1.91. The molecule has 1 fully saturated rings. The first-order chi connectivity index (χ1) is 11.6. The monoisotopic (exact) mass is 341 g/mol. The van der Waals surface area contributed by atoms with Gasteiger partial charge in [0.25, 0.3) is 5.56 Å². The number of nitrogens with one attached hydrogen (secondary N) is 1. The number of H-pyrrole nitrogens is 1. The van der Waals surface area contributed by atoms with Gasteiger partial charge in [-0.1, -0.05) is 0 Å². The number of aliphatic hydroxyl groups is 2. The average molecular weight is 341 g/mol. The first-order valence-corrected chi connectivity index (χ1v) is 7.34. The number of nitrogens with zero attached hydrogens (tertiary/aromatic N) is 3. The van der Waals surface area contributed by atoms with Crippen LogP contribution < -0.4 is 11.3 Å². The van der Waals surface area contributed by atoms with Gasteiger partial charge in [0.05, 0.1) is 26.1 Å². The molecular weight excluding hydrogens is 322 g/mol. The van der Waals surface area contributed by atoms with Gasteiger partial charge in [-0.2, -0.15) is 4.98 Å². The molecule has 0 bridgehead atoms. The molecule has 0 saturated carbocycles. The first-order valence-electron chi connectivity index (χ1n) is 7.34. The van der Waals surface area contributed by atoms with Crippen molar-refractivity contribution < 1.29 is 24.4 Å². The summed E-state index contributed by atoms with van der Waals surface area (Å²) < 4.78 is 17.5. The van der Waals surface area contributed by atoms with Crippen LogP contribution in [0.1, 0.15) is 6.23 Å². The third-order valence-electron chi connectivity index (χ3n) is 3.81. The number of rotatable bonds is 6. The third-order valence-corrected chi connectivity index (χ3v) is 3.81. The standard InChI is InChI=1S/C13H19N5O6/c1-22-2-3-23-9-6(4-19)24-12(8(9)20)18-5-15-7-10(18)16-13(14)17-11(7)21/h5-6,8-9,12,19-20H,2-4H2,1H3,(H3,14,16,17,21).